The van der Waals surface area contributed by atoms with E-state index < -0.39 is 5.97 Å². The lowest BCUT2D eigenvalue weighted by molar-refractivity contribution is -0.136. The van der Waals surface area contributed by atoms with Crippen molar-refractivity contribution in [2.75, 3.05) is 0 Å². The van der Waals surface area contributed by atoms with Gasteiger partial charge >= 0.3 is 5.97 Å². The molecule has 1 aromatic rings. The summed E-state index contributed by atoms with van der Waals surface area (Å²) in [6.07, 6.45) is 0.778. The molecule has 3 heteroatoms. The van der Waals surface area contributed by atoms with Crippen LogP contribution in [0.3, 0.4) is 0 Å². The van der Waals surface area contributed by atoms with Gasteiger partial charge in [-0.15, -0.1) is 0 Å². The number of benzene rings is 1. The Morgan fingerprint density at radius 1 is 1.47 bits per heavy atom. The molecule has 0 aromatic heterocycles. The van der Waals surface area contributed by atoms with Crippen LogP contribution in [-0.2, 0) is 11.2 Å². The van der Waals surface area contributed by atoms with Gasteiger partial charge in [0.1, 0.15) is 0 Å². The first-order chi connectivity index (χ1) is 7.00. The first-order valence-electron chi connectivity index (χ1n) is 5.01. The predicted molar refractivity (Wildman–Crippen MR) is 64.2 cm³/mol. The molecule has 1 rings (SSSR count). The Morgan fingerprint density at radius 3 is 2.60 bits per heavy atom. The van der Waals surface area contributed by atoms with Crippen LogP contribution in [0.1, 0.15) is 37.3 Å². The fourth-order valence-corrected chi connectivity index (χ4v) is 2.33. The average molecular weight is 271 g/mol. The van der Waals surface area contributed by atoms with Crippen molar-refractivity contribution < 1.29 is 9.90 Å². The van der Waals surface area contributed by atoms with E-state index in [0.717, 1.165) is 10.0 Å². The Kier molecular flexibility index (Phi) is 4.33. The molecular formula is C12H15BrO2. The van der Waals surface area contributed by atoms with Gasteiger partial charge in [-0.3, -0.25) is 4.79 Å². The topological polar surface area (TPSA) is 37.3 Å². The number of rotatable bonds is 4. The molecule has 0 aliphatic carbocycles. The molecular weight excluding hydrogens is 256 g/mol. The van der Waals surface area contributed by atoms with E-state index in [1.807, 2.05) is 12.1 Å². The van der Waals surface area contributed by atoms with Crippen LogP contribution < -0.4 is 0 Å². The van der Waals surface area contributed by atoms with Gasteiger partial charge in [-0.2, -0.15) is 0 Å². The third kappa shape index (κ3) is 3.67. The molecule has 15 heavy (non-hydrogen) atoms. The van der Waals surface area contributed by atoms with Gasteiger partial charge in [0, 0.05) is 10.9 Å². The standard InChI is InChI=1S/C12H15BrO2/c1-8(2)10-5-3-9(7-11(10)13)4-6-12(14)15/h3,5,7-8H,4,6H2,1-2H3,(H,14,15). The molecule has 0 bridgehead atoms. The second-order valence-electron chi connectivity index (χ2n) is 3.90. The summed E-state index contributed by atoms with van der Waals surface area (Å²) in [5.74, 6) is -0.271. The highest BCUT2D eigenvalue weighted by Crippen LogP contribution is 2.25. The summed E-state index contributed by atoms with van der Waals surface area (Å²) >= 11 is 3.51. The summed E-state index contributed by atoms with van der Waals surface area (Å²) < 4.78 is 1.07. The molecule has 1 aromatic carbocycles. The molecule has 0 heterocycles. The largest absolute Gasteiger partial charge is 0.481 e. The van der Waals surface area contributed by atoms with Crippen molar-refractivity contribution in [1.82, 2.24) is 0 Å². The molecule has 0 spiro atoms. The predicted octanol–water partition coefficient (Wildman–Crippen LogP) is 3.59. The van der Waals surface area contributed by atoms with Gasteiger partial charge in [0.2, 0.25) is 0 Å². The maximum absolute atomic E-state index is 10.4. The van der Waals surface area contributed by atoms with Crippen LogP contribution in [0.2, 0.25) is 0 Å². The van der Waals surface area contributed by atoms with E-state index in [4.69, 9.17) is 5.11 Å². The molecule has 0 fully saturated rings. The summed E-state index contributed by atoms with van der Waals surface area (Å²) in [7, 11) is 0. The van der Waals surface area contributed by atoms with Crippen LogP contribution in [0.4, 0.5) is 0 Å². The first kappa shape index (κ1) is 12.2. The monoisotopic (exact) mass is 270 g/mol. The molecule has 0 saturated carbocycles. The highest BCUT2D eigenvalue weighted by atomic mass is 79.9. The third-order valence-electron chi connectivity index (χ3n) is 2.31. The van der Waals surface area contributed by atoms with E-state index in [-0.39, 0.29) is 6.42 Å². The summed E-state index contributed by atoms with van der Waals surface area (Å²) in [6.45, 7) is 4.27. The number of aliphatic carboxylic acids is 1. The quantitative estimate of drug-likeness (QED) is 0.908. The van der Waals surface area contributed by atoms with E-state index in [0.29, 0.717) is 12.3 Å². The second-order valence-corrected chi connectivity index (χ2v) is 4.76. The van der Waals surface area contributed by atoms with E-state index in [1.165, 1.54) is 5.56 Å². The number of hydrogen-bond donors (Lipinski definition) is 1. The number of halogens is 1. The Labute approximate surface area is 98.4 Å². The van der Waals surface area contributed by atoms with E-state index in [2.05, 4.69) is 35.8 Å². The van der Waals surface area contributed by atoms with Crippen molar-refractivity contribution in [3.05, 3.63) is 33.8 Å². The number of carboxylic acid groups (broad SMARTS) is 1. The van der Waals surface area contributed by atoms with Crippen LogP contribution in [0, 0.1) is 0 Å². The van der Waals surface area contributed by atoms with Crippen LogP contribution in [0.15, 0.2) is 22.7 Å². The van der Waals surface area contributed by atoms with Crippen LogP contribution in [-0.4, -0.2) is 11.1 Å². The fourth-order valence-electron chi connectivity index (χ4n) is 1.45. The Bertz CT molecular complexity index is 359. The zero-order chi connectivity index (χ0) is 11.4. The second kappa shape index (κ2) is 5.31. The van der Waals surface area contributed by atoms with Gasteiger partial charge in [0.25, 0.3) is 0 Å². The highest BCUT2D eigenvalue weighted by molar-refractivity contribution is 9.10. The number of hydrogen-bond acceptors (Lipinski definition) is 1. The molecule has 0 amide bonds. The molecule has 0 aliphatic heterocycles. The lowest BCUT2D eigenvalue weighted by Crippen LogP contribution is -1.98. The first-order valence-corrected chi connectivity index (χ1v) is 5.80. The van der Waals surface area contributed by atoms with E-state index in [9.17, 15) is 4.79 Å². The Balaban J connectivity index is 2.77. The van der Waals surface area contributed by atoms with Crippen molar-refractivity contribution in [1.29, 1.82) is 0 Å². The zero-order valence-electron chi connectivity index (χ0n) is 8.96. The molecule has 0 aliphatic rings. The zero-order valence-corrected chi connectivity index (χ0v) is 10.5. The highest BCUT2D eigenvalue weighted by Gasteiger charge is 2.06. The molecule has 0 unspecified atom stereocenters. The third-order valence-corrected chi connectivity index (χ3v) is 3.00. The van der Waals surface area contributed by atoms with Crippen molar-refractivity contribution in [3.63, 3.8) is 0 Å². The van der Waals surface area contributed by atoms with Gasteiger partial charge in [-0.1, -0.05) is 41.9 Å². The SMILES string of the molecule is CC(C)c1ccc(CCC(=O)O)cc1Br. The minimum absolute atomic E-state index is 0.188. The molecule has 82 valence electrons. The van der Waals surface area contributed by atoms with Crippen molar-refractivity contribution in [2.24, 2.45) is 0 Å². The molecule has 1 N–H and O–H groups in total. The van der Waals surface area contributed by atoms with Crippen LogP contribution in [0.5, 0.6) is 0 Å². The number of aryl methyl sites for hydroxylation is 1. The minimum atomic E-state index is -0.751. The molecule has 2 nitrogen and oxygen atoms in total. The van der Waals surface area contributed by atoms with E-state index >= 15 is 0 Å². The summed E-state index contributed by atoms with van der Waals surface area (Å²) in [5.41, 5.74) is 2.32. The summed E-state index contributed by atoms with van der Waals surface area (Å²) in [5, 5.41) is 8.58. The Morgan fingerprint density at radius 2 is 2.13 bits per heavy atom. The summed E-state index contributed by atoms with van der Waals surface area (Å²) in [6, 6.07) is 6.08. The van der Waals surface area contributed by atoms with Crippen molar-refractivity contribution in [3.8, 4) is 0 Å². The molecule has 0 radical (unpaired) electrons. The maximum Gasteiger partial charge on any atom is 0.303 e. The molecule has 0 atom stereocenters. The fraction of sp³-hybridized carbons (Fsp3) is 0.417. The van der Waals surface area contributed by atoms with Crippen molar-refractivity contribution in [2.45, 2.75) is 32.6 Å². The van der Waals surface area contributed by atoms with E-state index in [1.54, 1.807) is 0 Å². The Hall–Kier alpha value is -0.830. The van der Waals surface area contributed by atoms with Gasteiger partial charge in [-0.25, -0.2) is 0 Å². The number of carboxylic acids is 1. The van der Waals surface area contributed by atoms with Crippen LogP contribution >= 0.6 is 15.9 Å². The lowest BCUT2D eigenvalue weighted by atomic mass is 10.0. The normalized spacial score (nSPS) is 10.7. The van der Waals surface area contributed by atoms with Gasteiger partial charge < -0.3 is 5.11 Å². The van der Waals surface area contributed by atoms with Gasteiger partial charge in [0.05, 0.1) is 0 Å². The average Bonchev–Trinajstić information content (AvgIpc) is 2.14. The van der Waals surface area contributed by atoms with Crippen LogP contribution in [0.25, 0.3) is 0 Å². The van der Waals surface area contributed by atoms with Gasteiger partial charge in [0.15, 0.2) is 0 Å². The maximum atomic E-state index is 10.4. The smallest absolute Gasteiger partial charge is 0.303 e. The minimum Gasteiger partial charge on any atom is -0.481 e. The van der Waals surface area contributed by atoms with Crippen molar-refractivity contribution >= 4 is 21.9 Å². The summed E-state index contributed by atoms with van der Waals surface area (Å²) in [4.78, 5) is 10.4. The number of carbonyl (C=O) groups is 1. The van der Waals surface area contributed by atoms with Gasteiger partial charge in [-0.05, 0) is 29.5 Å². The lowest BCUT2D eigenvalue weighted by Gasteiger charge is -2.09. The molecule has 0 saturated heterocycles.